The number of rotatable bonds is 60. The molecule has 1 unspecified atom stereocenters. The second kappa shape index (κ2) is 65.1. The van der Waals surface area contributed by atoms with Crippen LogP contribution in [0.4, 0.5) is 0 Å². The van der Waals surface area contributed by atoms with Crippen LogP contribution in [0.3, 0.4) is 0 Å². The first-order valence-corrected chi connectivity index (χ1v) is 33.1. The molecular formula is C71H124O6. The summed E-state index contributed by atoms with van der Waals surface area (Å²) in [5, 5.41) is 0. The molecule has 0 spiro atoms. The Bertz CT molecular complexity index is 1470. The third-order valence-electron chi connectivity index (χ3n) is 14.4. The lowest BCUT2D eigenvalue weighted by Crippen LogP contribution is -2.30. The van der Waals surface area contributed by atoms with Gasteiger partial charge < -0.3 is 14.2 Å². The van der Waals surface area contributed by atoms with Crippen LogP contribution in [0.5, 0.6) is 0 Å². The molecule has 0 aromatic rings. The molecule has 0 saturated heterocycles. The van der Waals surface area contributed by atoms with Gasteiger partial charge in [0.05, 0.1) is 0 Å². The molecule has 0 aliphatic rings. The smallest absolute Gasteiger partial charge is 0.306 e. The molecule has 1 atom stereocenters. The van der Waals surface area contributed by atoms with Gasteiger partial charge in [0.1, 0.15) is 13.2 Å². The topological polar surface area (TPSA) is 78.9 Å². The summed E-state index contributed by atoms with van der Waals surface area (Å²) in [6.45, 7) is 6.54. The number of esters is 3. The number of unbranched alkanes of at least 4 members (excludes halogenated alkanes) is 35. The number of carbonyl (C=O) groups is 3. The fourth-order valence-corrected chi connectivity index (χ4v) is 9.44. The standard InChI is InChI=1S/C71H124O6/c1-4-7-10-13-16-19-22-25-27-29-31-33-35-37-39-41-43-46-49-52-55-58-61-64-70(73)76-67-68(66-75-69(72)63-60-57-54-51-48-45-24-21-18-15-12-9-6-3)77-71(74)65-62-59-56-53-50-47-44-42-40-38-36-34-32-30-28-26-23-20-17-14-11-8-5-2/h7,10,16,19,25,27,30-33,37,39,43,46,68H,4-6,8-9,11-15,17-18,20-24,26,28-29,34-36,38,40-42,44-45,47-67H2,1-3H3/b10-7-,19-16-,27-25-,32-30-,33-31-,39-37-,46-43-. The lowest BCUT2D eigenvalue weighted by atomic mass is 10.0. The van der Waals surface area contributed by atoms with E-state index in [1.807, 2.05) is 0 Å². The van der Waals surface area contributed by atoms with Crippen LogP contribution in [-0.4, -0.2) is 37.2 Å². The third kappa shape index (κ3) is 63.3. The van der Waals surface area contributed by atoms with Crippen LogP contribution in [-0.2, 0) is 28.6 Å². The van der Waals surface area contributed by atoms with Gasteiger partial charge in [-0.05, 0) is 96.3 Å². The Morgan fingerprint density at radius 3 is 0.805 bits per heavy atom. The molecule has 0 amide bonds. The van der Waals surface area contributed by atoms with Gasteiger partial charge in [-0.2, -0.15) is 0 Å². The van der Waals surface area contributed by atoms with E-state index in [1.54, 1.807) is 0 Å². The van der Waals surface area contributed by atoms with Crippen molar-refractivity contribution >= 4 is 17.9 Å². The Labute approximate surface area is 477 Å². The van der Waals surface area contributed by atoms with E-state index in [0.29, 0.717) is 19.3 Å². The van der Waals surface area contributed by atoms with E-state index >= 15 is 0 Å². The monoisotopic (exact) mass is 1070 g/mol. The fourth-order valence-electron chi connectivity index (χ4n) is 9.44. The van der Waals surface area contributed by atoms with E-state index in [9.17, 15) is 14.4 Å². The highest BCUT2D eigenvalue weighted by Gasteiger charge is 2.19. The maximum atomic E-state index is 12.9. The first-order chi connectivity index (χ1) is 38.0. The van der Waals surface area contributed by atoms with Crippen molar-refractivity contribution in [3.8, 4) is 0 Å². The van der Waals surface area contributed by atoms with Crippen LogP contribution in [0.2, 0.25) is 0 Å². The van der Waals surface area contributed by atoms with Crippen LogP contribution in [0.1, 0.15) is 329 Å². The van der Waals surface area contributed by atoms with Gasteiger partial charge >= 0.3 is 17.9 Å². The molecule has 0 aliphatic heterocycles. The summed E-state index contributed by atoms with van der Waals surface area (Å²) in [4.78, 5) is 38.3. The van der Waals surface area contributed by atoms with Crippen LogP contribution in [0.15, 0.2) is 85.1 Å². The Hall–Kier alpha value is -3.41. The summed E-state index contributed by atoms with van der Waals surface area (Å²) < 4.78 is 16.9. The molecule has 0 aromatic heterocycles. The molecule has 444 valence electrons. The van der Waals surface area contributed by atoms with Crippen molar-refractivity contribution in [1.29, 1.82) is 0 Å². The van der Waals surface area contributed by atoms with Gasteiger partial charge in [0.2, 0.25) is 0 Å². The Kier molecular flexibility index (Phi) is 62.2. The van der Waals surface area contributed by atoms with E-state index in [1.165, 1.54) is 180 Å². The highest BCUT2D eigenvalue weighted by molar-refractivity contribution is 5.71. The van der Waals surface area contributed by atoms with Gasteiger partial charge in [-0.3, -0.25) is 14.4 Å². The molecule has 77 heavy (non-hydrogen) atoms. The maximum absolute atomic E-state index is 12.9. The predicted molar refractivity (Wildman–Crippen MR) is 334 cm³/mol. The number of hydrogen-bond acceptors (Lipinski definition) is 6. The lowest BCUT2D eigenvalue weighted by Gasteiger charge is -2.18. The molecule has 6 heteroatoms. The maximum Gasteiger partial charge on any atom is 0.306 e. The minimum Gasteiger partial charge on any atom is -0.462 e. The molecule has 0 aliphatic carbocycles. The average Bonchev–Trinajstić information content (AvgIpc) is 3.43. The SMILES string of the molecule is CC/C=C\C/C=C\C/C=C\C/C=C\C/C=C\C/C=C\CCCCCCC(=O)OCC(COC(=O)CCCCCCCCCCCCCCC)OC(=O)CCCCCCCCCCCCC/C=C\CCCCCCCCCC. The van der Waals surface area contributed by atoms with Gasteiger partial charge in [0, 0.05) is 19.3 Å². The minimum absolute atomic E-state index is 0.0820. The van der Waals surface area contributed by atoms with Crippen molar-refractivity contribution in [3.63, 3.8) is 0 Å². The van der Waals surface area contributed by atoms with E-state index < -0.39 is 6.10 Å². The van der Waals surface area contributed by atoms with Crippen molar-refractivity contribution in [1.82, 2.24) is 0 Å². The number of allylic oxidation sites excluding steroid dienone is 14. The normalized spacial score (nSPS) is 12.6. The lowest BCUT2D eigenvalue weighted by molar-refractivity contribution is -0.167. The molecule has 0 saturated carbocycles. The molecule has 0 aromatic carbocycles. The van der Waals surface area contributed by atoms with Crippen molar-refractivity contribution in [3.05, 3.63) is 85.1 Å². The fraction of sp³-hybridized carbons (Fsp3) is 0.761. The van der Waals surface area contributed by atoms with E-state index in [4.69, 9.17) is 14.2 Å². The second-order valence-corrected chi connectivity index (χ2v) is 22.0. The second-order valence-electron chi connectivity index (χ2n) is 22.0. The van der Waals surface area contributed by atoms with Crippen molar-refractivity contribution < 1.29 is 28.6 Å². The quantitative estimate of drug-likeness (QED) is 0.0261. The van der Waals surface area contributed by atoms with Gasteiger partial charge in [0.15, 0.2) is 6.10 Å². The summed E-state index contributed by atoms with van der Waals surface area (Å²) in [6, 6.07) is 0. The van der Waals surface area contributed by atoms with Crippen LogP contribution in [0.25, 0.3) is 0 Å². The third-order valence-corrected chi connectivity index (χ3v) is 14.4. The van der Waals surface area contributed by atoms with Crippen LogP contribution >= 0.6 is 0 Å². The largest absolute Gasteiger partial charge is 0.462 e. The molecule has 0 rings (SSSR count). The highest BCUT2D eigenvalue weighted by atomic mass is 16.6. The molecule has 6 nitrogen and oxygen atoms in total. The zero-order chi connectivity index (χ0) is 55.7. The zero-order valence-electron chi connectivity index (χ0n) is 51.0. The molecular weight excluding hydrogens is 949 g/mol. The summed E-state index contributed by atoms with van der Waals surface area (Å²) in [5.74, 6) is -0.894. The number of carbonyl (C=O) groups excluding carboxylic acids is 3. The first kappa shape index (κ1) is 73.6. The molecule has 0 fully saturated rings. The van der Waals surface area contributed by atoms with Crippen LogP contribution in [0, 0.1) is 0 Å². The number of ether oxygens (including phenoxy) is 3. The molecule has 0 radical (unpaired) electrons. The predicted octanol–water partition coefficient (Wildman–Crippen LogP) is 22.7. The van der Waals surface area contributed by atoms with Gasteiger partial charge in [-0.1, -0.05) is 298 Å². The van der Waals surface area contributed by atoms with Gasteiger partial charge in [-0.15, -0.1) is 0 Å². The number of hydrogen-bond donors (Lipinski definition) is 0. The van der Waals surface area contributed by atoms with Crippen molar-refractivity contribution in [2.75, 3.05) is 13.2 Å². The van der Waals surface area contributed by atoms with E-state index in [0.717, 1.165) is 109 Å². The van der Waals surface area contributed by atoms with E-state index in [-0.39, 0.29) is 31.1 Å². The van der Waals surface area contributed by atoms with Crippen molar-refractivity contribution in [2.45, 2.75) is 335 Å². The summed E-state index contributed by atoms with van der Waals surface area (Å²) in [6.07, 6.45) is 85.9. The van der Waals surface area contributed by atoms with Gasteiger partial charge in [0.25, 0.3) is 0 Å². The summed E-state index contributed by atoms with van der Waals surface area (Å²) in [7, 11) is 0. The van der Waals surface area contributed by atoms with Gasteiger partial charge in [-0.25, -0.2) is 0 Å². The Morgan fingerprint density at radius 1 is 0.273 bits per heavy atom. The first-order valence-electron chi connectivity index (χ1n) is 33.1. The minimum atomic E-state index is -0.788. The van der Waals surface area contributed by atoms with Crippen molar-refractivity contribution in [2.24, 2.45) is 0 Å². The Balaban J connectivity index is 4.36. The average molecular weight is 1070 g/mol. The Morgan fingerprint density at radius 2 is 0.506 bits per heavy atom. The highest BCUT2D eigenvalue weighted by Crippen LogP contribution is 2.17. The summed E-state index contributed by atoms with van der Waals surface area (Å²) >= 11 is 0. The summed E-state index contributed by atoms with van der Waals surface area (Å²) in [5.41, 5.74) is 0. The molecule has 0 bridgehead atoms. The van der Waals surface area contributed by atoms with Crippen LogP contribution < -0.4 is 0 Å². The molecule has 0 N–H and O–H groups in total. The zero-order valence-corrected chi connectivity index (χ0v) is 51.0. The van der Waals surface area contributed by atoms with E-state index in [2.05, 4.69) is 106 Å². The molecule has 0 heterocycles.